The normalized spacial score (nSPS) is 24.6. The van der Waals surface area contributed by atoms with Gasteiger partial charge < -0.3 is 11.1 Å². The summed E-state index contributed by atoms with van der Waals surface area (Å²) in [4.78, 5) is 4.32. The van der Waals surface area contributed by atoms with Gasteiger partial charge in [-0.25, -0.2) is 4.98 Å². The minimum Gasteiger partial charge on any atom is -0.396 e. The summed E-state index contributed by atoms with van der Waals surface area (Å²) in [5, 5.41) is 3.37. The fourth-order valence-corrected chi connectivity index (χ4v) is 3.23. The number of aryl methyl sites for hydroxylation is 1. The Morgan fingerprint density at radius 3 is 3.06 bits per heavy atom. The Morgan fingerprint density at radius 1 is 1.62 bits per heavy atom. The summed E-state index contributed by atoms with van der Waals surface area (Å²) in [5.74, 6) is 2.09. The van der Waals surface area contributed by atoms with Crippen LogP contribution < -0.4 is 11.1 Å². The number of nitrogens with two attached hydrogens (primary N) is 1. The Labute approximate surface area is 101 Å². The first-order valence-electron chi connectivity index (χ1n) is 5.69. The number of anilines is 2. The van der Waals surface area contributed by atoms with Crippen LogP contribution in [0.4, 0.5) is 11.5 Å². The first-order chi connectivity index (χ1) is 7.59. The van der Waals surface area contributed by atoms with Gasteiger partial charge in [-0.1, -0.05) is 0 Å². The number of rotatable bonds is 3. The van der Waals surface area contributed by atoms with Gasteiger partial charge in [0.25, 0.3) is 0 Å². The maximum atomic E-state index is 5.92. The van der Waals surface area contributed by atoms with Gasteiger partial charge in [-0.2, -0.15) is 11.8 Å². The third-order valence-electron chi connectivity index (χ3n) is 2.98. The van der Waals surface area contributed by atoms with Gasteiger partial charge in [0.05, 0.1) is 5.69 Å². The highest BCUT2D eigenvalue weighted by molar-refractivity contribution is 8.00. The Morgan fingerprint density at radius 2 is 2.44 bits per heavy atom. The standard InChI is InChI=1S/C12H19N3S/c1-9-6-10(13)11(14-7-9)15-8-12(2)4-3-5-16-12/h6-7H,3-5,8,13H2,1-2H3,(H,14,15). The summed E-state index contributed by atoms with van der Waals surface area (Å²) in [5.41, 5.74) is 7.76. The molecule has 1 fully saturated rings. The number of nitrogens with one attached hydrogen (secondary N) is 1. The average Bonchev–Trinajstić information content (AvgIpc) is 2.64. The van der Waals surface area contributed by atoms with Crippen LogP contribution in [-0.4, -0.2) is 22.0 Å². The number of nitrogens with zero attached hydrogens (tertiary/aromatic N) is 1. The van der Waals surface area contributed by atoms with Crippen LogP contribution in [0.5, 0.6) is 0 Å². The van der Waals surface area contributed by atoms with Crippen molar-refractivity contribution in [1.82, 2.24) is 4.98 Å². The molecule has 1 aliphatic rings. The second-order valence-electron chi connectivity index (χ2n) is 4.71. The lowest BCUT2D eigenvalue weighted by molar-refractivity contribution is 0.634. The molecule has 3 nitrogen and oxygen atoms in total. The van der Waals surface area contributed by atoms with Crippen molar-refractivity contribution in [2.24, 2.45) is 0 Å². The van der Waals surface area contributed by atoms with Gasteiger partial charge in [0.1, 0.15) is 5.82 Å². The summed E-state index contributed by atoms with van der Waals surface area (Å²) >= 11 is 2.04. The lowest BCUT2D eigenvalue weighted by Crippen LogP contribution is -2.27. The van der Waals surface area contributed by atoms with Crippen molar-refractivity contribution in [3.63, 3.8) is 0 Å². The number of hydrogen-bond acceptors (Lipinski definition) is 4. The average molecular weight is 237 g/mol. The number of hydrogen-bond donors (Lipinski definition) is 2. The van der Waals surface area contributed by atoms with Crippen LogP contribution in [0.25, 0.3) is 0 Å². The molecule has 0 aliphatic carbocycles. The summed E-state index contributed by atoms with van der Waals surface area (Å²) in [6.07, 6.45) is 4.44. The molecule has 0 aromatic carbocycles. The summed E-state index contributed by atoms with van der Waals surface area (Å²) < 4.78 is 0.346. The van der Waals surface area contributed by atoms with Gasteiger partial charge in [0, 0.05) is 17.5 Å². The molecule has 0 saturated carbocycles. The van der Waals surface area contributed by atoms with Crippen molar-refractivity contribution in [3.8, 4) is 0 Å². The zero-order valence-corrected chi connectivity index (χ0v) is 10.7. The van der Waals surface area contributed by atoms with E-state index in [4.69, 9.17) is 5.73 Å². The molecule has 88 valence electrons. The van der Waals surface area contributed by atoms with Crippen LogP contribution in [-0.2, 0) is 0 Å². The van der Waals surface area contributed by atoms with Gasteiger partial charge >= 0.3 is 0 Å². The van der Waals surface area contributed by atoms with Crippen LogP contribution in [0.1, 0.15) is 25.3 Å². The summed E-state index contributed by atoms with van der Waals surface area (Å²) in [7, 11) is 0. The zero-order valence-electron chi connectivity index (χ0n) is 9.92. The highest BCUT2D eigenvalue weighted by Gasteiger charge is 2.29. The third-order valence-corrected chi connectivity index (χ3v) is 4.52. The molecule has 0 radical (unpaired) electrons. The SMILES string of the molecule is Cc1cnc(NCC2(C)CCCS2)c(N)c1. The second-order valence-corrected chi connectivity index (χ2v) is 6.39. The van der Waals surface area contributed by atoms with Gasteiger partial charge in [-0.15, -0.1) is 0 Å². The smallest absolute Gasteiger partial charge is 0.149 e. The second kappa shape index (κ2) is 4.53. The number of nitrogen functional groups attached to an aromatic ring is 1. The monoisotopic (exact) mass is 237 g/mol. The van der Waals surface area contributed by atoms with Crippen LogP contribution in [0.15, 0.2) is 12.3 Å². The van der Waals surface area contributed by atoms with E-state index < -0.39 is 0 Å². The van der Waals surface area contributed by atoms with E-state index in [9.17, 15) is 0 Å². The Balaban J connectivity index is 1.99. The minimum atomic E-state index is 0.346. The number of pyridine rings is 1. The lowest BCUT2D eigenvalue weighted by atomic mass is 10.1. The van der Waals surface area contributed by atoms with Gasteiger partial charge in [-0.05, 0) is 44.1 Å². The van der Waals surface area contributed by atoms with Gasteiger partial charge in [-0.3, -0.25) is 0 Å². The number of aromatic nitrogens is 1. The van der Waals surface area contributed by atoms with Crippen molar-refractivity contribution >= 4 is 23.3 Å². The molecule has 1 aromatic heterocycles. The minimum absolute atomic E-state index is 0.346. The lowest BCUT2D eigenvalue weighted by Gasteiger charge is -2.23. The van der Waals surface area contributed by atoms with E-state index >= 15 is 0 Å². The summed E-state index contributed by atoms with van der Waals surface area (Å²) in [6.45, 7) is 5.25. The molecular weight excluding hydrogens is 218 g/mol. The summed E-state index contributed by atoms with van der Waals surface area (Å²) in [6, 6.07) is 1.96. The van der Waals surface area contributed by atoms with Crippen LogP contribution in [0.2, 0.25) is 0 Å². The van der Waals surface area contributed by atoms with Crippen molar-refractivity contribution in [3.05, 3.63) is 17.8 Å². The van der Waals surface area contributed by atoms with E-state index in [1.807, 2.05) is 30.9 Å². The van der Waals surface area contributed by atoms with E-state index in [1.165, 1.54) is 18.6 Å². The highest BCUT2D eigenvalue weighted by atomic mass is 32.2. The third kappa shape index (κ3) is 2.61. The largest absolute Gasteiger partial charge is 0.396 e. The molecule has 1 aliphatic heterocycles. The Bertz CT molecular complexity index is 373. The van der Waals surface area contributed by atoms with Gasteiger partial charge in [0.15, 0.2) is 0 Å². The van der Waals surface area contributed by atoms with Crippen LogP contribution in [0, 0.1) is 6.92 Å². The number of thioether (sulfide) groups is 1. The molecule has 1 unspecified atom stereocenters. The molecule has 2 rings (SSSR count). The fourth-order valence-electron chi connectivity index (χ4n) is 1.99. The van der Waals surface area contributed by atoms with Crippen molar-refractivity contribution in [2.45, 2.75) is 31.4 Å². The van der Waals surface area contributed by atoms with Crippen molar-refractivity contribution < 1.29 is 0 Å². The molecule has 0 spiro atoms. The molecule has 1 atom stereocenters. The van der Waals surface area contributed by atoms with Crippen molar-refractivity contribution in [2.75, 3.05) is 23.3 Å². The van der Waals surface area contributed by atoms with E-state index in [0.29, 0.717) is 4.75 Å². The fraction of sp³-hybridized carbons (Fsp3) is 0.583. The molecule has 0 bridgehead atoms. The molecular formula is C12H19N3S. The van der Waals surface area contributed by atoms with E-state index in [0.717, 1.165) is 23.6 Å². The maximum absolute atomic E-state index is 5.92. The highest BCUT2D eigenvalue weighted by Crippen LogP contribution is 2.37. The molecule has 16 heavy (non-hydrogen) atoms. The van der Waals surface area contributed by atoms with Crippen LogP contribution >= 0.6 is 11.8 Å². The Hall–Kier alpha value is -0.900. The molecule has 4 heteroatoms. The van der Waals surface area contributed by atoms with E-state index in [2.05, 4.69) is 17.2 Å². The molecule has 1 aromatic rings. The van der Waals surface area contributed by atoms with E-state index in [-0.39, 0.29) is 0 Å². The molecule has 0 amide bonds. The first-order valence-corrected chi connectivity index (χ1v) is 6.68. The topological polar surface area (TPSA) is 50.9 Å². The Kier molecular flexibility index (Phi) is 3.28. The zero-order chi connectivity index (χ0) is 11.6. The van der Waals surface area contributed by atoms with Crippen LogP contribution in [0.3, 0.4) is 0 Å². The predicted octanol–water partition coefficient (Wildman–Crippen LogP) is 2.67. The molecule has 2 heterocycles. The first kappa shape index (κ1) is 11.6. The quantitative estimate of drug-likeness (QED) is 0.848. The predicted molar refractivity (Wildman–Crippen MR) is 72.0 cm³/mol. The maximum Gasteiger partial charge on any atom is 0.149 e. The van der Waals surface area contributed by atoms with E-state index in [1.54, 1.807) is 0 Å². The molecule has 3 N–H and O–H groups in total. The van der Waals surface area contributed by atoms with Crippen molar-refractivity contribution in [1.29, 1.82) is 0 Å². The van der Waals surface area contributed by atoms with Gasteiger partial charge in [0.2, 0.25) is 0 Å². The molecule has 1 saturated heterocycles.